The van der Waals surface area contributed by atoms with E-state index in [1.54, 1.807) is 6.07 Å². The van der Waals surface area contributed by atoms with Gasteiger partial charge in [-0.2, -0.15) is 4.31 Å². The predicted octanol–water partition coefficient (Wildman–Crippen LogP) is 1.25. The number of aryl methyl sites for hydroxylation is 1. The van der Waals surface area contributed by atoms with Gasteiger partial charge in [0.2, 0.25) is 15.9 Å². The van der Waals surface area contributed by atoms with Crippen LogP contribution in [-0.4, -0.2) is 55.7 Å². The number of phenolic OH excluding ortho intramolecular Hbond substituents is 1. The van der Waals surface area contributed by atoms with Crippen molar-refractivity contribution in [3.63, 3.8) is 0 Å². The largest absolute Gasteiger partial charge is 0.506 e. The number of amides is 1. The Kier molecular flexibility index (Phi) is 6.41. The third-order valence-corrected chi connectivity index (χ3v) is 6.66. The maximum absolute atomic E-state index is 12.6. The molecule has 0 aromatic heterocycles. The van der Waals surface area contributed by atoms with Crippen molar-refractivity contribution in [2.75, 3.05) is 42.1 Å². The van der Waals surface area contributed by atoms with Crippen molar-refractivity contribution < 1.29 is 18.3 Å². The average Bonchev–Trinajstić information content (AvgIpc) is 2.69. The fourth-order valence-electron chi connectivity index (χ4n) is 3.30. The first kappa shape index (κ1) is 21.1. The Labute approximate surface area is 171 Å². The van der Waals surface area contributed by atoms with E-state index in [9.17, 15) is 18.3 Å². The smallest absolute Gasteiger partial charge is 0.241 e. The fraction of sp³-hybridized carbons (Fsp3) is 0.350. The van der Waals surface area contributed by atoms with Gasteiger partial charge in [0.25, 0.3) is 0 Å². The lowest BCUT2D eigenvalue weighted by atomic mass is 10.2. The number of benzene rings is 2. The molecule has 2 aromatic carbocycles. The third-order valence-electron chi connectivity index (χ3n) is 4.88. The van der Waals surface area contributed by atoms with E-state index in [0.29, 0.717) is 31.7 Å². The summed E-state index contributed by atoms with van der Waals surface area (Å²) in [6.07, 6.45) is 0. The summed E-state index contributed by atoms with van der Waals surface area (Å²) < 4.78 is 26.6. The van der Waals surface area contributed by atoms with E-state index in [1.165, 1.54) is 16.4 Å². The zero-order valence-electron chi connectivity index (χ0n) is 16.3. The van der Waals surface area contributed by atoms with Crippen LogP contribution >= 0.6 is 0 Å². The molecule has 0 bridgehead atoms. The summed E-state index contributed by atoms with van der Waals surface area (Å²) in [5, 5.41) is 12.4. The Morgan fingerprint density at radius 1 is 1.14 bits per heavy atom. The first-order valence-corrected chi connectivity index (χ1v) is 11.0. The zero-order valence-corrected chi connectivity index (χ0v) is 17.2. The molecule has 29 heavy (non-hydrogen) atoms. The first-order valence-electron chi connectivity index (χ1n) is 9.40. The molecule has 0 atom stereocenters. The molecule has 3 rings (SSSR count). The molecule has 1 amide bonds. The Morgan fingerprint density at radius 2 is 1.86 bits per heavy atom. The number of phenols is 1. The Hall–Kier alpha value is -2.62. The molecule has 1 fully saturated rings. The van der Waals surface area contributed by atoms with Crippen molar-refractivity contribution in [2.24, 2.45) is 5.73 Å². The molecule has 8 nitrogen and oxygen atoms in total. The lowest BCUT2D eigenvalue weighted by molar-refractivity contribution is -0.114. The topological polar surface area (TPSA) is 116 Å². The number of carbonyl (C=O) groups excluding carboxylic acids is 1. The quantitative estimate of drug-likeness (QED) is 0.608. The Morgan fingerprint density at radius 3 is 2.48 bits per heavy atom. The normalized spacial score (nSPS) is 15.3. The van der Waals surface area contributed by atoms with Crippen LogP contribution in [0.5, 0.6) is 5.75 Å². The van der Waals surface area contributed by atoms with Crippen LogP contribution in [0.25, 0.3) is 0 Å². The third kappa shape index (κ3) is 5.26. The van der Waals surface area contributed by atoms with Crippen LogP contribution < -0.4 is 16.0 Å². The molecular formula is C20H26N4O4S. The molecule has 2 aromatic rings. The number of rotatable bonds is 6. The minimum atomic E-state index is -3.75. The van der Waals surface area contributed by atoms with Gasteiger partial charge in [-0.05, 0) is 42.3 Å². The average molecular weight is 419 g/mol. The molecule has 1 heterocycles. The predicted molar refractivity (Wildman–Crippen MR) is 113 cm³/mol. The highest BCUT2D eigenvalue weighted by molar-refractivity contribution is 7.89. The van der Waals surface area contributed by atoms with E-state index >= 15 is 0 Å². The van der Waals surface area contributed by atoms with Crippen molar-refractivity contribution in [3.05, 3.63) is 53.6 Å². The molecule has 1 aliphatic heterocycles. The van der Waals surface area contributed by atoms with E-state index in [0.717, 1.165) is 11.3 Å². The Bertz CT molecular complexity index is 986. The van der Waals surface area contributed by atoms with Crippen LogP contribution in [0, 0.1) is 6.92 Å². The zero-order chi connectivity index (χ0) is 21.0. The maximum Gasteiger partial charge on any atom is 0.241 e. The van der Waals surface area contributed by atoms with Gasteiger partial charge in [0, 0.05) is 38.4 Å². The molecule has 4 N–H and O–H groups in total. The number of hydrogen-bond acceptors (Lipinski definition) is 6. The van der Waals surface area contributed by atoms with Crippen LogP contribution in [0.2, 0.25) is 0 Å². The van der Waals surface area contributed by atoms with Crippen molar-refractivity contribution in [3.8, 4) is 5.75 Å². The number of carbonyl (C=O) groups is 1. The first-order chi connectivity index (χ1) is 13.8. The number of nitrogens with zero attached hydrogens (tertiary/aromatic N) is 2. The van der Waals surface area contributed by atoms with Gasteiger partial charge in [-0.25, -0.2) is 8.42 Å². The molecule has 1 aliphatic rings. The number of piperazine rings is 1. The minimum absolute atomic E-state index is 0.148. The molecule has 9 heteroatoms. The molecule has 156 valence electrons. The van der Waals surface area contributed by atoms with Gasteiger partial charge < -0.3 is 21.1 Å². The number of hydrogen-bond donors (Lipinski definition) is 3. The van der Waals surface area contributed by atoms with E-state index < -0.39 is 21.7 Å². The van der Waals surface area contributed by atoms with Crippen molar-refractivity contribution in [2.45, 2.75) is 13.5 Å². The monoisotopic (exact) mass is 418 g/mol. The standard InChI is InChI=1S/C20H26N4O4S/c1-15-3-2-4-17(11-15)23-7-9-24(10-8-23)29(27,28)14-20(26)22-18-6-5-16(13-21)12-19(18)25/h2-6,11-12,25H,7-10,13-14,21H2,1H3,(H,22,26). The maximum atomic E-state index is 12.6. The van der Waals surface area contributed by atoms with Gasteiger partial charge in [-0.3, -0.25) is 4.79 Å². The molecule has 1 saturated heterocycles. The number of anilines is 2. The highest BCUT2D eigenvalue weighted by Crippen LogP contribution is 2.24. The van der Waals surface area contributed by atoms with E-state index in [1.807, 2.05) is 25.1 Å². The van der Waals surface area contributed by atoms with Crippen LogP contribution in [0.15, 0.2) is 42.5 Å². The van der Waals surface area contributed by atoms with Gasteiger partial charge in [-0.15, -0.1) is 0 Å². The van der Waals surface area contributed by atoms with Crippen LogP contribution in [0.4, 0.5) is 11.4 Å². The lowest BCUT2D eigenvalue weighted by Crippen LogP contribution is -2.50. The summed E-state index contributed by atoms with van der Waals surface area (Å²) in [4.78, 5) is 14.4. The number of nitrogens with two attached hydrogens (primary N) is 1. The number of nitrogens with one attached hydrogen (secondary N) is 1. The summed E-state index contributed by atoms with van der Waals surface area (Å²) in [6.45, 7) is 4.03. The van der Waals surface area contributed by atoms with Crippen molar-refractivity contribution in [1.82, 2.24) is 4.31 Å². The van der Waals surface area contributed by atoms with Gasteiger partial charge in [0.1, 0.15) is 11.5 Å². The SMILES string of the molecule is Cc1cccc(N2CCN(S(=O)(=O)CC(=O)Nc3ccc(CN)cc3O)CC2)c1. The molecular weight excluding hydrogens is 392 g/mol. The van der Waals surface area contributed by atoms with Crippen molar-refractivity contribution >= 4 is 27.3 Å². The summed E-state index contributed by atoms with van der Waals surface area (Å²) >= 11 is 0. The minimum Gasteiger partial charge on any atom is -0.506 e. The molecule has 0 aliphatic carbocycles. The van der Waals surface area contributed by atoms with Crippen LogP contribution in [-0.2, 0) is 21.4 Å². The lowest BCUT2D eigenvalue weighted by Gasteiger charge is -2.35. The highest BCUT2D eigenvalue weighted by Gasteiger charge is 2.29. The van der Waals surface area contributed by atoms with E-state index in [-0.39, 0.29) is 18.0 Å². The number of sulfonamides is 1. The Balaban J connectivity index is 1.58. The summed E-state index contributed by atoms with van der Waals surface area (Å²) in [5.41, 5.74) is 8.59. The molecule has 0 spiro atoms. The highest BCUT2D eigenvalue weighted by atomic mass is 32.2. The van der Waals surface area contributed by atoms with Crippen molar-refractivity contribution in [1.29, 1.82) is 0 Å². The summed E-state index contributed by atoms with van der Waals surface area (Å²) in [7, 11) is -3.75. The van der Waals surface area contributed by atoms with Gasteiger partial charge in [0.15, 0.2) is 0 Å². The second-order valence-electron chi connectivity index (χ2n) is 7.09. The van der Waals surface area contributed by atoms with E-state index in [2.05, 4.69) is 16.3 Å². The second-order valence-corrected chi connectivity index (χ2v) is 9.05. The molecule has 0 saturated carbocycles. The fourth-order valence-corrected chi connectivity index (χ4v) is 4.61. The summed E-state index contributed by atoms with van der Waals surface area (Å²) in [6, 6.07) is 12.7. The van der Waals surface area contributed by atoms with Gasteiger partial charge in [0.05, 0.1) is 5.69 Å². The molecule has 0 unspecified atom stereocenters. The van der Waals surface area contributed by atoms with Crippen LogP contribution in [0.3, 0.4) is 0 Å². The van der Waals surface area contributed by atoms with Crippen LogP contribution in [0.1, 0.15) is 11.1 Å². The summed E-state index contributed by atoms with van der Waals surface area (Å²) in [5.74, 6) is -1.51. The molecule has 0 radical (unpaired) electrons. The number of aromatic hydroxyl groups is 1. The second kappa shape index (κ2) is 8.81. The van der Waals surface area contributed by atoms with Gasteiger partial charge >= 0.3 is 0 Å². The van der Waals surface area contributed by atoms with E-state index in [4.69, 9.17) is 5.73 Å². The van der Waals surface area contributed by atoms with Gasteiger partial charge in [-0.1, -0.05) is 18.2 Å².